The molecular weight excluding hydrogens is 304 g/mol. The van der Waals surface area contributed by atoms with Crippen LogP contribution in [0.2, 0.25) is 0 Å². The second-order valence-corrected chi connectivity index (χ2v) is 7.61. The smallest absolute Gasteiger partial charge is 0.119 e. The fourth-order valence-corrected chi connectivity index (χ4v) is 4.29. The highest BCUT2D eigenvalue weighted by atomic mass is 16.5. The standard InChI is InChI=1S/C24H38O/c1-4-7-14-21(11-5-2)24(19-20-12-9-8-10-13-20)22-15-17-23(18-16-22)25-6-3/h12,15-18,21,24H,4-11,13-14,19H2,1-3H3. The largest absolute Gasteiger partial charge is 0.494 e. The van der Waals surface area contributed by atoms with E-state index in [9.17, 15) is 0 Å². The van der Waals surface area contributed by atoms with Gasteiger partial charge in [0.05, 0.1) is 6.61 Å². The summed E-state index contributed by atoms with van der Waals surface area (Å²) in [4.78, 5) is 0. The first-order valence-corrected chi connectivity index (χ1v) is 10.7. The van der Waals surface area contributed by atoms with Crippen LogP contribution in [0.4, 0.5) is 0 Å². The quantitative estimate of drug-likeness (QED) is 0.375. The molecule has 0 aliphatic heterocycles. The number of ether oxygens (including phenoxy) is 1. The number of hydrogen-bond donors (Lipinski definition) is 0. The molecule has 140 valence electrons. The van der Waals surface area contributed by atoms with Crippen molar-refractivity contribution in [2.45, 2.75) is 90.9 Å². The molecule has 0 spiro atoms. The van der Waals surface area contributed by atoms with E-state index in [1.165, 1.54) is 69.8 Å². The van der Waals surface area contributed by atoms with Gasteiger partial charge in [-0.3, -0.25) is 0 Å². The third kappa shape index (κ3) is 6.53. The molecule has 1 heteroatoms. The van der Waals surface area contributed by atoms with Crippen LogP contribution in [0, 0.1) is 5.92 Å². The van der Waals surface area contributed by atoms with Crippen molar-refractivity contribution in [3.63, 3.8) is 0 Å². The maximum absolute atomic E-state index is 5.65. The Bertz CT molecular complexity index is 499. The molecule has 25 heavy (non-hydrogen) atoms. The summed E-state index contributed by atoms with van der Waals surface area (Å²) < 4.78 is 5.65. The van der Waals surface area contributed by atoms with E-state index >= 15 is 0 Å². The molecule has 1 aliphatic rings. The summed E-state index contributed by atoms with van der Waals surface area (Å²) >= 11 is 0. The number of benzene rings is 1. The Morgan fingerprint density at radius 2 is 1.76 bits per heavy atom. The van der Waals surface area contributed by atoms with E-state index in [-0.39, 0.29) is 0 Å². The van der Waals surface area contributed by atoms with Gasteiger partial charge >= 0.3 is 0 Å². The van der Waals surface area contributed by atoms with Crippen molar-refractivity contribution in [1.82, 2.24) is 0 Å². The SMILES string of the molecule is CCCCC(CCC)C(CC1=CCCCC1)c1ccc(OCC)cc1. The van der Waals surface area contributed by atoms with Crippen molar-refractivity contribution in [2.75, 3.05) is 6.61 Å². The molecule has 1 aliphatic carbocycles. The van der Waals surface area contributed by atoms with E-state index in [0.29, 0.717) is 5.92 Å². The molecule has 0 aromatic heterocycles. The molecule has 0 fully saturated rings. The van der Waals surface area contributed by atoms with Gasteiger partial charge in [-0.1, -0.05) is 63.3 Å². The van der Waals surface area contributed by atoms with Gasteiger partial charge in [-0.25, -0.2) is 0 Å². The van der Waals surface area contributed by atoms with Gasteiger partial charge in [0.15, 0.2) is 0 Å². The molecule has 1 aromatic rings. The fraction of sp³-hybridized carbons (Fsp3) is 0.667. The zero-order chi connectivity index (χ0) is 17.9. The number of allylic oxidation sites excluding steroid dienone is 2. The second-order valence-electron chi connectivity index (χ2n) is 7.61. The zero-order valence-corrected chi connectivity index (χ0v) is 16.7. The summed E-state index contributed by atoms with van der Waals surface area (Å²) in [6.07, 6.45) is 15.9. The molecule has 0 saturated heterocycles. The highest BCUT2D eigenvalue weighted by Gasteiger charge is 2.24. The molecule has 2 unspecified atom stereocenters. The van der Waals surface area contributed by atoms with Crippen LogP contribution in [-0.4, -0.2) is 6.61 Å². The van der Waals surface area contributed by atoms with E-state index < -0.39 is 0 Å². The Balaban J connectivity index is 2.20. The summed E-state index contributed by atoms with van der Waals surface area (Å²) in [6.45, 7) is 7.45. The van der Waals surface area contributed by atoms with Crippen LogP contribution in [0.25, 0.3) is 0 Å². The number of rotatable bonds is 11. The van der Waals surface area contributed by atoms with Crippen LogP contribution in [0.1, 0.15) is 96.5 Å². The average Bonchev–Trinajstić information content (AvgIpc) is 2.65. The van der Waals surface area contributed by atoms with Crippen molar-refractivity contribution in [1.29, 1.82) is 0 Å². The molecular formula is C24H38O. The molecule has 0 amide bonds. The number of unbranched alkanes of at least 4 members (excludes halogenated alkanes) is 1. The van der Waals surface area contributed by atoms with Crippen molar-refractivity contribution in [3.05, 3.63) is 41.5 Å². The molecule has 0 saturated carbocycles. The average molecular weight is 343 g/mol. The monoisotopic (exact) mass is 342 g/mol. The highest BCUT2D eigenvalue weighted by Crippen LogP contribution is 2.39. The van der Waals surface area contributed by atoms with Crippen LogP contribution in [0.15, 0.2) is 35.9 Å². The minimum absolute atomic E-state index is 0.673. The lowest BCUT2D eigenvalue weighted by Gasteiger charge is -2.30. The Morgan fingerprint density at radius 3 is 2.36 bits per heavy atom. The molecule has 0 radical (unpaired) electrons. The Hall–Kier alpha value is -1.24. The molecule has 1 aromatic carbocycles. The predicted molar refractivity (Wildman–Crippen MR) is 109 cm³/mol. The molecule has 0 N–H and O–H groups in total. The van der Waals surface area contributed by atoms with Crippen LogP contribution in [0.3, 0.4) is 0 Å². The zero-order valence-electron chi connectivity index (χ0n) is 16.7. The van der Waals surface area contributed by atoms with Gasteiger partial charge in [0.1, 0.15) is 5.75 Å². The lowest BCUT2D eigenvalue weighted by molar-refractivity contribution is 0.337. The molecule has 1 nitrogen and oxygen atoms in total. The maximum Gasteiger partial charge on any atom is 0.119 e. The van der Waals surface area contributed by atoms with Gasteiger partial charge in [-0.05, 0) is 75.0 Å². The van der Waals surface area contributed by atoms with Crippen molar-refractivity contribution < 1.29 is 4.74 Å². The summed E-state index contributed by atoms with van der Waals surface area (Å²) in [7, 11) is 0. The minimum atomic E-state index is 0.673. The lowest BCUT2D eigenvalue weighted by atomic mass is 9.75. The Morgan fingerprint density at radius 1 is 0.960 bits per heavy atom. The minimum Gasteiger partial charge on any atom is -0.494 e. The van der Waals surface area contributed by atoms with Gasteiger partial charge in [0.2, 0.25) is 0 Å². The van der Waals surface area contributed by atoms with Crippen molar-refractivity contribution in [3.8, 4) is 5.75 Å². The molecule has 2 atom stereocenters. The predicted octanol–water partition coefficient (Wildman–Crippen LogP) is 7.67. The van der Waals surface area contributed by atoms with Gasteiger partial charge in [0, 0.05) is 0 Å². The van der Waals surface area contributed by atoms with Gasteiger partial charge in [-0.15, -0.1) is 0 Å². The van der Waals surface area contributed by atoms with E-state index in [4.69, 9.17) is 4.74 Å². The first-order valence-electron chi connectivity index (χ1n) is 10.7. The van der Waals surface area contributed by atoms with Crippen LogP contribution in [-0.2, 0) is 0 Å². The van der Waals surface area contributed by atoms with Crippen molar-refractivity contribution in [2.24, 2.45) is 5.92 Å². The van der Waals surface area contributed by atoms with E-state index in [2.05, 4.69) is 44.2 Å². The first-order chi connectivity index (χ1) is 12.3. The third-order valence-corrected chi connectivity index (χ3v) is 5.64. The topological polar surface area (TPSA) is 9.23 Å². The van der Waals surface area contributed by atoms with E-state index in [1.807, 2.05) is 6.92 Å². The summed E-state index contributed by atoms with van der Waals surface area (Å²) in [5, 5.41) is 0. The van der Waals surface area contributed by atoms with Gasteiger partial charge < -0.3 is 4.74 Å². The lowest BCUT2D eigenvalue weighted by Crippen LogP contribution is -2.15. The summed E-state index contributed by atoms with van der Waals surface area (Å²) in [5.41, 5.74) is 3.23. The van der Waals surface area contributed by atoms with Crippen molar-refractivity contribution >= 4 is 0 Å². The number of hydrogen-bond acceptors (Lipinski definition) is 1. The molecule has 2 rings (SSSR count). The van der Waals surface area contributed by atoms with Crippen LogP contribution < -0.4 is 4.74 Å². The first kappa shape index (κ1) is 20.1. The fourth-order valence-electron chi connectivity index (χ4n) is 4.29. The summed E-state index contributed by atoms with van der Waals surface area (Å²) in [5.74, 6) is 2.49. The van der Waals surface area contributed by atoms with Crippen LogP contribution >= 0.6 is 0 Å². The Labute approximate surface area is 155 Å². The third-order valence-electron chi connectivity index (χ3n) is 5.64. The summed E-state index contributed by atoms with van der Waals surface area (Å²) in [6, 6.07) is 9.00. The Kier molecular flexibility index (Phi) is 9.15. The van der Waals surface area contributed by atoms with Crippen LogP contribution in [0.5, 0.6) is 5.75 Å². The normalized spacial score (nSPS) is 17.0. The van der Waals surface area contributed by atoms with Gasteiger partial charge in [0.25, 0.3) is 0 Å². The molecule has 0 heterocycles. The highest BCUT2D eigenvalue weighted by molar-refractivity contribution is 5.31. The van der Waals surface area contributed by atoms with E-state index in [1.54, 1.807) is 5.57 Å². The van der Waals surface area contributed by atoms with Gasteiger partial charge in [-0.2, -0.15) is 0 Å². The van der Waals surface area contributed by atoms with E-state index in [0.717, 1.165) is 18.3 Å². The maximum atomic E-state index is 5.65. The molecule has 0 bridgehead atoms. The second kappa shape index (κ2) is 11.4.